The first-order chi connectivity index (χ1) is 18.0. The van der Waals surface area contributed by atoms with E-state index >= 15 is 0 Å². The van der Waals surface area contributed by atoms with Gasteiger partial charge in [0.2, 0.25) is 5.91 Å². The quantitative estimate of drug-likeness (QED) is 0.289. The van der Waals surface area contributed by atoms with E-state index in [-0.39, 0.29) is 11.8 Å². The molecular weight excluding hydrogens is 486 g/mol. The number of hydrogen-bond acceptors (Lipinski definition) is 5. The van der Waals surface area contributed by atoms with Crippen LogP contribution < -0.4 is 19.5 Å². The van der Waals surface area contributed by atoms with Crippen molar-refractivity contribution in [1.82, 2.24) is 9.88 Å². The summed E-state index contributed by atoms with van der Waals surface area (Å²) in [5.74, 6) is 1.04. The number of imidazole rings is 1. The minimum atomic E-state index is -0.0536. The number of ether oxygens (including phenoxy) is 1. The molecule has 9 heteroatoms. The molecule has 5 rings (SSSR count). The number of para-hydroxylation sites is 2. The molecule has 4 aromatic rings. The van der Waals surface area contributed by atoms with Crippen LogP contribution in [-0.4, -0.2) is 60.7 Å². The Morgan fingerprint density at radius 2 is 1.68 bits per heavy atom. The molecule has 2 heterocycles. The first kappa shape index (κ1) is 24.7. The molecule has 3 aromatic carbocycles. The van der Waals surface area contributed by atoms with E-state index in [1.807, 2.05) is 66.5 Å². The second-order valence-corrected chi connectivity index (χ2v) is 9.86. The Kier molecular flexibility index (Phi) is 7.32. The van der Waals surface area contributed by atoms with E-state index in [1.54, 1.807) is 19.2 Å². The van der Waals surface area contributed by atoms with Crippen molar-refractivity contribution in [2.45, 2.75) is 5.16 Å². The van der Waals surface area contributed by atoms with Gasteiger partial charge in [0, 0.05) is 43.1 Å². The second-order valence-electron chi connectivity index (χ2n) is 8.90. The number of nitrogens with zero attached hydrogens (tertiary/aromatic N) is 3. The van der Waals surface area contributed by atoms with Crippen molar-refractivity contribution >= 4 is 46.0 Å². The molecule has 1 aromatic heterocycles. The number of H-pyrrole nitrogens is 1. The average Bonchev–Trinajstić information content (AvgIpc) is 3.27. The van der Waals surface area contributed by atoms with E-state index in [9.17, 15) is 9.59 Å². The molecular formula is C28H30N5O3S+. The normalized spacial score (nSPS) is 13.6. The number of nitrogens with one attached hydrogen (secondary N) is 2. The molecule has 2 amide bonds. The van der Waals surface area contributed by atoms with Crippen molar-refractivity contribution < 1.29 is 18.9 Å². The van der Waals surface area contributed by atoms with Crippen LogP contribution in [0.15, 0.2) is 78.0 Å². The van der Waals surface area contributed by atoms with Crippen LogP contribution in [0, 0.1) is 0 Å². The van der Waals surface area contributed by atoms with Gasteiger partial charge in [-0.25, -0.2) is 9.55 Å². The molecule has 8 nitrogen and oxygen atoms in total. The third-order valence-electron chi connectivity index (χ3n) is 6.57. The highest BCUT2D eigenvalue weighted by Gasteiger charge is 2.22. The molecule has 1 fully saturated rings. The first-order valence-corrected chi connectivity index (χ1v) is 13.2. The summed E-state index contributed by atoms with van der Waals surface area (Å²) in [5.41, 5.74) is 4.67. The lowest BCUT2D eigenvalue weighted by atomic mass is 10.1. The molecule has 0 aliphatic carbocycles. The van der Waals surface area contributed by atoms with E-state index in [1.165, 1.54) is 11.8 Å². The number of benzene rings is 3. The van der Waals surface area contributed by atoms with Gasteiger partial charge < -0.3 is 19.9 Å². The molecule has 1 aliphatic heterocycles. The summed E-state index contributed by atoms with van der Waals surface area (Å²) in [6.45, 7) is 2.83. The number of thioether (sulfide) groups is 1. The smallest absolute Gasteiger partial charge is 0.317 e. The van der Waals surface area contributed by atoms with Gasteiger partial charge in [0.1, 0.15) is 5.75 Å². The highest BCUT2D eigenvalue weighted by atomic mass is 32.2. The Morgan fingerprint density at radius 3 is 2.35 bits per heavy atom. The van der Waals surface area contributed by atoms with Crippen LogP contribution in [0.5, 0.6) is 5.75 Å². The number of hydrogen-bond donors (Lipinski definition) is 2. The predicted octanol–water partition coefficient (Wildman–Crippen LogP) is 3.69. The zero-order chi connectivity index (χ0) is 25.8. The number of fused-ring (bicyclic) bond motifs is 1. The summed E-state index contributed by atoms with van der Waals surface area (Å²) in [6, 6.07) is 23.2. The second kappa shape index (κ2) is 11.0. The van der Waals surface area contributed by atoms with Crippen LogP contribution in [0.3, 0.4) is 0 Å². The Bertz CT molecular complexity index is 1390. The molecule has 0 saturated carbocycles. The highest BCUT2D eigenvalue weighted by molar-refractivity contribution is 7.99. The van der Waals surface area contributed by atoms with Crippen molar-refractivity contribution in [2.75, 3.05) is 49.3 Å². The lowest BCUT2D eigenvalue weighted by Gasteiger charge is -2.36. The number of carbonyl (C=O) groups excluding carboxylic acids is 2. The monoisotopic (exact) mass is 516 g/mol. The number of rotatable bonds is 7. The van der Waals surface area contributed by atoms with Crippen LogP contribution in [0.1, 0.15) is 10.4 Å². The maximum atomic E-state index is 12.8. The summed E-state index contributed by atoms with van der Waals surface area (Å²) in [6.07, 6.45) is 0. The Morgan fingerprint density at radius 1 is 0.973 bits per heavy atom. The molecule has 1 saturated heterocycles. The van der Waals surface area contributed by atoms with Crippen molar-refractivity contribution in [2.24, 2.45) is 7.05 Å². The van der Waals surface area contributed by atoms with Crippen LogP contribution in [0.4, 0.5) is 11.4 Å². The summed E-state index contributed by atoms with van der Waals surface area (Å²) in [7, 11) is 3.61. The molecule has 37 heavy (non-hydrogen) atoms. The highest BCUT2D eigenvalue weighted by Crippen LogP contribution is 2.22. The van der Waals surface area contributed by atoms with Crippen LogP contribution in [-0.2, 0) is 11.8 Å². The molecule has 0 spiro atoms. The standard InChI is InChI=1S/C28H29N5O3S/c1-31-25-6-4-3-5-24(25)30-28(31)37-19-26(34)29-21-9-11-22(12-10-21)32-15-17-33(18-16-32)27(35)20-7-13-23(36-2)14-8-20/h3-14H,15-19H2,1-2H3,(H,29,34)/p+1. The third-order valence-corrected chi connectivity index (χ3v) is 7.63. The van der Waals surface area contributed by atoms with Gasteiger partial charge in [-0.3, -0.25) is 9.59 Å². The fourth-order valence-electron chi connectivity index (χ4n) is 4.48. The van der Waals surface area contributed by atoms with Crippen molar-refractivity contribution in [1.29, 1.82) is 0 Å². The van der Waals surface area contributed by atoms with Gasteiger partial charge in [0.15, 0.2) is 11.0 Å². The number of piperazine rings is 1. The van der Waals surface area contributed by atoms with Gasteiger partial charge in [-0.1, -0.05) is 12.1 Å². The molecule has 0 atom stereocenters. The SMILES string of the molecule is COc1ccc(C(=O)N2CCN(c3ccc(NC(=O)CSc4[nH]c5ccccc5[n+]4C)cc3)CC2)cc1. The van der Waals surface area contributed by atoms with Gasteiger partial charge in [0.25, 0.3) is 5.91 Å². The summed E-state index contributed by atoms with van der Waals surface area (Å²) < 4.78 is 7.24. The van der Waals surface area contributed by atoms with Gasteiger partial charge in [-0.05, 0) is 72.4 Å². The van der Waals surface area contributed by atoms with Crippen LogP contribution >= 0.6 is 11.8 Å². The lowest BCUT2D eigenvalue weighted by molar-refractivity contribution is -0.683. The summed E-state index contributed by atoms with van der Waals surface area (Å²) >= 11 is 1.48. The predicted molar refractivity (Wildman–Crippen MR) is 146 cm³/mol. The van der Waals surface area contributed by atoms with E-state index in [0.717, 1.165) is 46.4 Å². The number of aromatic amines is 1. The van der Waals surface area contributed by atoms with Crippen molar-refractivity contribution in [3.8, 4) is 5.75 Å². The zero-order valence-corrected chi connectivity index (χ0v) is 21.8. The lowest BCUT2D eigenvalue weighted by Crippen LogP contribution is -2.48. The summed E-state index contributed by atoms with van der Waals surface area (Å²) in [4.78, 5) is 32.9. The number of anilines is 2. The minimum Gasteiger partial charge on any atom is -0.497 e. The molecule has 0 bridgehead atoms. The topological polar surface area (TPSA) is 81.5 Å². The fourth-order valence-corrected chi connectivity index (χ4v) is 5.30. The van der Waals surface area contributed by atoms with Gasteiger partial charge in [-0.2, -0.15) is 0 Å². The first-order valence-electron chi connectivity index (χ1n) is 12.2. The van der Waals surface area contributed by atoms with Gasteiger partial charge in [-0.15, -0.1) is 0 Å². The fraction of sp³-hybridized carbons (Fsp3) is 0.250. The molecule has 1 aliphatic rings. The molecule has 190 valence electrons. The molecule has 0 unspecified atom stereocenters. The number of aromatic nitrogens is 2. The largest absolute Gasteiger partial charge is 0.497 e. The zero-order valence-electron chi connectivity index (χ0n) is 20.9. The van der Waals surface area contributed by atoms with Gasteiger partial charge >= 0.3 is 5.16 Å². The summed E-state index contributed by atoms with van der Waals surface area (Å²) in [5, 5.41) is 3.92. The van der Waals surface area contributed by atoms with Crippen LogP contribution in [0.25, 0.3) is 11.0 Å². The van der Waals surface area contributed by atoms with Crippen molar-refractivity contribution in [3.05, 3.63) is 78.4 Å². The average molecular weight is 517 g/mol. The van der Waals surface area contributed by atoms with E-state index in [0.29, 0.717) is 24.4 Å². The number of methoxy groups -OCH3 is 1. The maximum Gasteiger partial charge on any atom is 0.317 e. The maximum absolute atomic E-state index is 12.8. The van der Waals surface area contributed by atoms with E-state index in [4.69, 9.17) is 4.74 Å². The van der Waals surface area contributed by atoms with Crippen molar-refractivity contribution in [3.63, 3.8) is 0 Å². The number of aryl methyl sites for hydroxylation is 1. The van der Waals surface area contributed by atoms with Crippen LogP contribution in [0.2, 0.25) is 0 Å². The minimum absolute atomic E-state index is 0.0410. The Balaban J connectivity index is 1.11. The number of carbonyl (C=O) groups is 2. The Hall–Kier alpha value is -3.98. The van der Waals surface area contributed by atoms with Gasteiger partial charge in [0.05, 0.1) is 19.9 Å². The number of amides is 2. The Labute approximate surface area is 220 Å². The van der Waals surface area contributed by atoms with E-state index in [2.05, 4.69) is 25.8 Å². The molecule has 2 N–H and O–H groups in total. The van der Waals surface area contributed by atoms with E-state index < -0.39 is 0 Å². The third kappa shape index (κ3) is 5.56. The molecule has 0 radical (unpaired) electrons.